The van der Waals surface area contributed by atoms with E-state index in [1.165, 1.54) is 17.3 Å². The predicted molar refractivity (Wildman–Crippen MR) is 106 cm³/mol. The second-order valence-electron chi connectivity index (χ2n) is 6.35. The van der Waals surface area contributed by atoms with Gasteiger partial charge in [0.2, 0.25) is 0 Å². The minimum absolute atomic E-state index is 0.133. The third-order valence-corrected chi connectivity index (χ3v) is 4.34. The number of anilines is 2. The third-order valence-electron chi connectivity index (χ3n) is 4.34. The van der Waals surface area contributed by atoms with Crippen LogP contribution in [0, 0.1) is 0 Å². The quantitative estimate of drug-likeness (QED) is 0.440. The summed E-state index contributed by atoms with van der Waals surface area (Å²) in [6.45, 7) is 0.389. The van der Waals surface area contributed by atoms with Gasteiger partial charge in [-0.25, -0.2) is 4.98 Å². The molecular weight excluding hydrogens is 372 g/mol. The molecule has 3 aromatic heterocycles. The van der Waals surface area contributed by atoms with Gasteiger partial charge in [-0.2, -0.15) is 10.2 Å². The molecule has 0 fully saturated rings. The van der Waals surface area contributed by atoms with E-state index >= 15 is 0 Å². The lowest BCUT2D eigenvalue weighted by atomic mass is 10.2. The highest BCUT2D eigenvalue weighted by Crippen LogP contribution is 2.23. The van der Waals surface area contributed by atoms with Crippen molar-refractivity contribution in [1.29, 1.82) is 0 Å². The lowest BCUT2D eigenvalue weighted by Gasteiger charge is -2.22. The Hall–Kier alpha value is -4.21. The maximum absolute atomic E-state index is 12.9. The topological polar surface area (TPSA) is 135 Å². The number of H-pyrrole nitrogens is 1. The van der Waals surface area contributed by atoms with Gasteiger partial charge in [-0.15, -0.1) is 0 Å². The van der Waals surface area contributed by atoms with Crippen molar-refractivity contribution in [1.82, 2.24) is 29.9 Å². The monoisotopic (exact) mass is 390 g/mol. The number of nitrogen functional groups attached to an aromatic ring is 1. The molecule has 0 atom stereocenters. The Morgan fingerprint density at radius 1 is 1.17 bits per heavy atom. The molecule has 0 saturated heterocycles. The summed E-state index contributed by atoms with van der Waals surface area (Å²) in [5.74, 6) is -1.22. The molecule has 0 saturated carbocycles. The number of carbonyl (C=O) groups is 2. The maximum Gasteiger partial charge on any atom is 0.314 e. The van der Waals surface area contributed by atoms with Gasteiger partial charge in [0.1, 0.15) is 12.5 Å². The van der Waals surface area contributed by atoms with Crippen molar-refractivity contribution in [2.24, 2.45) is 0 Å². The molecule has 0 aliphatic heterocycles. The van der Waals surface area contributed by atoms with Crippen LogP contribution < -0.4 is 11.1 Å². The van der Waals surface area contributed by atoms with Gasteiger partial charge in [-0.05, 0) is 11.6 Å². The molecule has 4 N–H and O–H groups in total. The zero-order chi connectivity index (χ0) is 20.2. The number of pyridine rings is 1. The molecule has 0 unspecified atom stereocenters. The number of hydrogen-bond donors (Lipinski definition) is 3. The summed E-state index contributed by atoms with van der Waals surface area (Å²) in [5.41, 5.74) is 7.52. The molecule has 10 nitrogen and oxygen atoms in total. The van der Waals surface area contributed by atoms with Gasteiger partial charge in [-0.1, -0.05) is 30.3 Å². The molecule has 10 heteroatoms. The predicted octanol–water partition coefficient (Wildman–Crippen LogP) is 1.36. The van der Waals surface area contributed by atoms with Gasteiger partial charge >= 0.3 is 11.8 Å². The lowest BCUT2D eigenvalue weighted by molar-refractivity contribution is -0.145. The van der Waals surface area contributed by atoms with Crippen LogP contribution in [-0.4, -0.2) is 41.7 Å². The lowest BCUT2D eigenvalue weighted by Crippen LogP contribution is -2.40. The van der Waals surface area contributed by atoms with Crippen LogP contribution in [0.1, 0.15) is 5.56 Å². The van der Waals surface area contributed by atoms with E-state index in [1.807, 2.05) is 30.3 Å². The van der Waals surface area contributed by atoms with Gasteiger partial charge < -0.3 is 16.0 Å². The summed E-state index contributed by atoms with van der Waals surface area (Å²) in [5, 5.41) is 13.9. The molecule has 2 amide bonds. The first kappa shape index (κ1) is 18.2. The van der Waals surface area contributed by atoms with E-state index < -0.39 is 11.8 Å². The highest BCUT2D eigenvalue weighted by Gasteiger charge is 2.24. The van der Waals surface area contributed by atoms with Crippen LogP contribution in [0.3, 0.4) is 0 Å². The fourth-order valence-corrected chi connectivity index (χ4v) is 2.92. The minimum Gasteiger partial charge on any atom is -0.383 e. The number of carbonyl (C=O) groups excluding carboxylic acids is 2. The molecule has 0 aliphatic carbocycles. The van der Waals surface area contributed by atoms with E-state index in [4.69, 9.17) is 5.73 Å². The Labute approximate surface area is 165 Å². The fourth-order valence-electron chi connectivity index (χ4n) is 2.92. The number of benzene rings is 1. The van der Waals surface area contributed by atoms with Crippen LogP contribution in [0.4, 0.5) is 11.5 Å². The summed E-state index contributed by atoms with van der Waals surface area (Å²) in [6, 6.07) is 11.2. The Bertz CT molecular complexity index is 1140. The van der Waals surface area contributed by atoms with Crippen molar-refractivity contribution in [3.05, 3.63) is 66.7 Å². The van der Waals surface area contributed by atoms with Gasteiger partial charge in [0, 0.05) is 18.9 Å². The largest absolute Gasteiger partial charge is 0.383 e. The first-order valence-corrected chi connectivity index (χ1v) is 8.81. The zero-order valence-corrected chi connectivity index (χ0v) is 15.3. The Morgan fingerprint density at radius 2 is 2.00 bits per heavy atom. The van der Waals surface area contributed by atoms with E-state index in [1.54, 1.807) is 23.1 Å². The SMILES string of the molecule is Nc1ncc(NC(=O)C(=O)N(Cc2ccccc2)Cn2cccn2)c2[nH]ncc12. The fraction of sp³-hybridized carbons (Fsp3) is 0.105. The highest BCUT2D eigenvalue weighted by molar-refractivity contribution is 6.40. The van der Waals surface area contributed by atoms with E-state index in [0.29, 0.717) is 16.6 Å². The number of aromatic amines is 1. The van der Waals surface area contributed by atoms with Gasteiger partial charge in [0.25, 0.3) is 0 Å². The molecular formula is C19H18N8O2. The Morgan fingerprint density at radius 3 is 2.76 bits per heavy atom. The van der Waals surface area contributed by atoms with E-state index in [2.05, 4.69) is 25.6 Å². The summed E-state index contributed by atoms with van der Waals surface area (Å²) in [4.78, 5) is 31.1. The number of fused-ring (bicyclic) bond motifs is 1. The van der Waals surface area contributed by atoms with Crippen molar-refractivity contribution in [2.45, 2.75) is 13.2 Å². The smallest absolute Gasteiger partial charge is 0.314 e. The molecule has 0 spiro atoms. The molecule has 0 aliphatic rings. The number of rotatable bonds is 5. The molecule has 1 aromatic carbocycles. The van der Waals surface area contributed by atoms with Crippen LogP contribution in [-0.2, 0) is 22.8 Å². The van der Waals surface area contributed by atoms with Crippen molar-refractivity contribution >= 4 is 34.2 Å². The standard InChI is InChI=1S/C19H18N8O2/c20-17-14-9-22-25-16(14)15(10-21-17)24-18(28)19(29)26(12-27-8-4-7-23-27)11-13-5-2-1-3-6-13/h1-10H,11-12H2,(H2,20,21)(H,22,25)(H,24,28). The summed E-state index contributed by atoms with van der Waals surface area (Å²) < 4.78 is 1.58. The first-order chi connectivity index (χ1) is 14.1. The number of nitrogens with two attached hydrogens (primary N) is 1. The maximum atomic E-state index is 12.9. The second-order valence-corrected chi connectivity index (χ2v) is 6.35. The van der Waals surface area contributed by atoms with Crippen molar-refractivity contribution in [2.75, 3.05) is 11.1 Å². The van der Waals surface area contributed by atoms with Crippen molar-refractivity contribution in [3.8, 4) is 0 Å². The van der Waals surface area contributed by atoms with Crippen molar-refractivity contribution < 1.29 is 9.59 Å². The Kier molecular flexibility index (Phi) is 4.89. The average Bonchev–Trinajstić information content (AvgIpc) is 3.42. The highest BCUT2D eigenvalue weighted by atomic mass is 16.2. The number of nitrogens with one attached hydrogen (secondary N) is 2. The summed E-state index contributed by atoms with van der Waals surface area (Å²) in [7, 11) is 0. The van der Waals surface area contributed by atoms with Crippen molar-refractivity contribution in [3.63, 3.8) is 0 Å². The Balaban J connectivity index is 1.56. The summed E-state index contributed by atoms with van der Waals surface area (Å²) >= 11 is 0. The number of hydrogen-bond acceptors (Lipinski definition) is 6. The van der Waals surface area contributed by atoms with Gasteiger partial charge in [0.05, 0.1) is 29.0 Å². The number of nitrogens with zero attached hydrogens (tertiary/aromatic N) is 5. The van der Waals surface area contributed by atoms with Gasteiger partial charge in [0.15, 0.2) is 0 Å². The third kappa shape index (κ3) is 3.90. The van der Waals surface area contributed by atoms with E-state index in [9.17, 15) is 9.59 Å². The number of amides is 2. The molecule has 4 rings (SSSR count). The van der Waals surface area contributed by atoms with Gasteiger partial charge in [-0.3, -0.25) is 19.4 Å². The minimum atomic E-state index is -0.796. The van der Waals surface area contributed by atoms with Crippen LogP contribution in [0.2, 0.25) is 0 Å². The van der Waals surface area contributed by atoms with Crippen LogP contribution in [0.5, 0.6) is 0 Å². The molecule has 29 heavy (non-hydrogen) atoms. The second kappa shape index (κ2) is 7.80. The molecule has 4 aromatic rings. The summed E-state index contributed by atoms with van der Waals surface area (Å²) in [6.07, 6.45) is 6.23. The molecule has 0 radical (unpaired) electrons. The van der Waals surface area contributed by atoms with Crippen LogP contribution in [0.15, 0.2) is 61.2 Å². The molecule has 146 valence electrons. The van der Waals surface area contributed by atoms with Crippen LogP contribution >= 0.6 is 0 Å². The first-order valence-electron chi connectivity index (χ1n) is 8.81. The average molecular weight is 390 g/mol. The number of aromatic nitrogens is 5. The molecule has 3 heterocycles. The normalized spacial score (nSPS) is 10.8. The van der Waals surface area contributed by atoms with E-state index in [-0.39, 0.29) is 19.0 Å². The van der Waals surface area contributed by atoms with Crippen LogP contribution in [0.25, 0.3) is 10.9 Å². The molecule has 0 bridgehead atoms. The zero-order valence-electron chi connectivity index (χ0n) is 15.3. The van der Waals surface area contributed by atoms with E-state index in [0.717, 1.165) is 5.56 Å².